The fourth-order valence-electron chi connectivity index (χ4n) is 1.78. The van der Waals surface area contributed by atoms with E-state index in [4.69, 9.17) is 16.3 Å². The Morgan fingerprint density at radius 2 is 2.06 bits per heavy atom. The van der Waals surface area contributed by atoms with Crippen LogP contribution in [-0.2, 0) is 0 Å². The first kappa shape index (κ1) is 15.0. The summed E-state index contributed by atoms with van der Waals surface area (Å²) in [5.74, 6) is 1.13. The molecule has 1 aromatic rings. The first-order valence-electron chi connectivity index (χ1n) is 6.15. The molecule has 0 fully saturated rings. The van der Waals surface area contributed by atoms with E-state index < -0.39 is 0 Å². The van der Waals surface area contributed by atoms with Gasteiger partial charge in [-0.05, 0) is 20.0 Å². The lowest BCUT2D eigenvalue weighted by atomic mass is 10.3. The molecule has 1 atom stereocenters. The van der Waals surface area contributed by atoms with E-state index in [-0.39, 0.29) is 6.04 Å². The summed E-state index contributed by atoms with van der Waals surface area (Å²) in [5.41, 5.74) is 0. The van der Waals surface area contributed by atoms with Crippen LogP contribution in [0.2, 0.25) is 5.15 Å². The number of nitrogens with zero attached hydrogens (tertiary/aromatic N) is 3. The molecule has 0 saturated carbocycles. The minimum absolute atomic E-state index is 0.254. The van der Waals surface area contributed by atoms with E-state index in [9.17, 15) is 0 Å². The van der Waals surface area contributed by atoms with E-state index in [0.29, 0.717) is 16.7 Å². The molecular weight excluding hydrogens is 252 g/mol. The fraction of sp³-hybridized carbons (Fsp3) is 0.667. The van der Waals surface area contributed by atoms with Crippen LogP contribution in [0.4, 0.5) is 5.82 Å². The van der Waals surface area contributed by atoms with Gasteiger partial charge in [-0.15, -0.1) is 0 Å². The molecule has 1 heterocycles. The Balaban J connectivity index is 2.69. The van der Waals surface area contributed by atoms with Crippen LogP contribution in [0.5, 0.6) is 5.75 Å². The van der Waals surface area contributed by atoms with Crippen molar-refractivity contribution in [2.75, 3.05) is 32.1 Å². The summed E-state index contributed by atoms with van der Waals surface area (Å²) in [4.78, 5) is 10.4. The van der Waals surface area contributed by atoms with E-state index in [1.807, 2.05) is 0 Å². The van der Waals surface area contributed by atoms with Crippen LogP contribution in [0, 0.1) is 0 Å². The van der Waals surface area contributed by atoms with Crippen LogP contribution in [0.15, 0.2) is 6.33 Å². The number of likely N-dealkylation sites (N-methyl/N-ethyl adjacent to an activating group) is 1. The van der Waals surface area contributed by atoms with Gasteiger partial charge < -0.3 is 15.0 Å². The first-order chi connectivity index (χ1) is 8.62. The number of ether oxygens (including phenoxy) is 1. The molecule has 6 heteroatoms. The highest BCUT2D eigenvalue weighted by molar-refractivity contribution is 6.31. The lowest BCUT2D eigenvalue weighted by Gasteiger charge is -2.24. The highest BCUT2D eigenvalue weighted by Gasteiger charge is 2.13. The predicted octanol–water partition coefficient (Wildman–Crippen LogP) is 2.28. The summed E-state index contributed by atoms with van der Waals surface area (Å²) in [6.45, 7) is 9.41. The molecule has 0 aliphatic rings. The van der Waals surface area contributed by atoms with Crippen molar-refractivity contribution in [1.29, 1.82) is 0 Å². The summed E-state index contributed by atoms with van der Waals surface area (Å²) < 4.78 is 5.20. The van der Waals surface area contributed by atoms with Gasteiger partial charge in [0.1, 0.15) is 6.33 Å². The Hall–Kier alpha value is -1.07. The average molecular weight is 273 g/mol. The van der Waals surface area contributed by atoms with Gasteiger partial charge in [0.15, 0.2) is 16.7 Å². The Bertz CT molecular complexity index is 371. The van der Waals surface area contributed by atoms with E-state index in [0.717, 1.165) is 19.6 Å². The molecule has 0 saturated heterocycles. The molecule has 0 bridgehead atoms. The Labute approximate surface area is 114 Å². The molecule has 1 unspecified atom stereocenters. The number of methoxy groups -OCH3 is 1. The highest BCUT2D eigenvalue weighted by Crippen LogP contribution is 2.28. The Morgan fingerprint density at radius 1 is 1.39 bits per heavy atom. The summed E-state index contributed by atoms with van der Waals surface area (Å²) in [6, 6.07) is 0.254. The fourth-order valence-corrected chi connectivity index (χ4v) is 1.99. The average Bonchev–Trinajstić information content (AvgIpc) is 2.36. The number of halogens is 1. The maximum absolute atomic E-state index is 5.95. The zero-order valence-electron chi connectivity index (χ0n) is 11.4. The number of nitrogens with one attached hydrogen (secondary N) is 1. The molecule has 0 spiro atoms. The zero-order valence-corrected chi connectivity index (χ0v) is 12.2. The second-order valence-electron chi connectivity index (χ2n) is 4.08. The molecule has 0 aliphatic heterocycles. The van der Waals surface area contributed by atoms with Crippen molar-refractivity contribution < 1.29 is 4.74 Å². The van der Waals surface area contributed by atoms with Gasteiger partial charge in [0.05, 0.1) is 7.11 Å². The van der Waals surface area contributed by atoms with E-state index >= 15 is 0 Å². The Morgan fingerprint density at radius 3 is 2.61 bits per heavy atom. The van der Waals surface area contributed by atoms with E-state index in [1.54, 1.807) is 7.11 Å². The normalized spacial score (nSPS) is 12.6. The van der Waals surface area contributed by atoms with Crippen LogP contribution < -0.4 is 10.1 Å². The standard InChI is InChI=1S/C12H21ClN4O/c1-5-17(6-2)7-9(3)16-12-10(18-4)11(13)14-8-15-12/h8-9H,5-7H2,1-4H3,(H,14,15,16). The number of rotatable bonds is 7. The molecule has 1 N–H and O–H groups in total. The summed E-state index contributed by atoms with van der Waals surface area (Å²) >= 11 is 5.95. The molecule has 102 valence electrons. The van der Waals surface area contributed by atoms with Crippen LogP contribution >= 0.6 is 11.6 Å². The van der Waals surface area contributed by atoms with Gasteiger partial charge in [-0.2, -0.15) is 0 Å². The molecule has 0 amide bonds. The number of hydrogen-bond acceptors (Lipinski definition) is 5. The van der Waals surface area contributed by atoms with Crippen LogP contribution in [0.25, 0.3) is 0 Å². The van der Waals surface area contributed by atoms with Crippen LogP contribution in [-0.4, -0.2) is 47.7 Å². The topological polar surface area (TPSA) is 50.3 Å². The molecule has 1 rings (SSSR count). The predicted molar refractivity (Wildman–Crippen MR) is 74.5 cm³/mol. The molecule has 0 aromatic carbocycles. The summed E-state index contributed by atoms with van der Waals surface area (Å²) in [6.07, 6.45) is 1.43. The molecule has 1 aromatic heterocycles. The smallest absolute Gasteiger partial charge is 0.198 e. The third kappa shape index (κ3) is 3.99. The van der Waals surface area contributed by atoms with Crippen molar-refractivity contribution in [2.24, 2.45) is 0 Å². The van der Waals surface area contributed by atoms with Crippen molar-refractivity contribution in [3.63, 3.8) is 0 Å². The second-order valence-corrected chi connectivity index (χ2v) is 4.44. The van der Waals surface area contributed by atoms with Crippen molar-refractivity contribution in [3.8, 4) is 5.75 Å². The van der Waals surface area contributed by atoms with Crippen LogP contribution in [0.3, 0.4) is 0 Å². The van der Waals surface area contributed by atoms with Gasteiger partial charge in [-0.1, -0.05) is 25.4 Å². The lowest BCUT2D eigenvalue weighted by molar-refractivity contribution is 0.294. The van der Waals surface area contributed by atoms with Gasteiger partial charge in [0, 0.05) is 12.6 Å². The third-order valence-corrected chi connectivity index (χ3v) is 3.04. The molecule has 5 nitrogen and oxygen atoms in total. The lowest BCUT2D eigenvalue weighted by Crippen LogP contribution is -2.35. The van der Waals surface area contributed by atoms with Crippen LogP contribution in [0.1, 0.15) is 20.8 Å². The number of aromatic nitrogens is 2. The van der Waals surface area contributed by atoms with Gasteiger partial charge in [-0.25, -0.2) is 9.97 Å². The molecular formula is C12H21ClN4O. The van der Waals surface area contributed by atoms with Crippen molar-refractivity contribution in [3.05, 3.63) is 11.5 Å². The zero-order chi connectivity index (χ0) is 13.5. The van der Waals surface area contributed by atoms with Crippen molar-refractivity contribution in [1.82, 2.24) is 14.9 Å². The molecule has 0 radical (unpaired) electrons. The summed E-state index contributed by atoms with van der Waals surface area (Å²) in [5, 5.41) is 3.62. The maximum atomic E-state index is 5.95. The van der Waals surface area contributed by atoms with E-state index in [1.165, 1.54) is 6.33 Å². The highest BCUT2D eigenvalue weighted by atomic mass is 35.5. The number of hydrogen-bond donors (Lipinski definition) is 1. The van der Waals surface area contributed by atoms with Crippen molar-refractivity contribution in [2.45, 2.75) is 26.8 Å². The monoisotopic (exact) mass is 272 g/mol. The number of anilines is 1. The molecule has 18 heavy (non-hydrogen) atoms. The van der Waals surface area contributed by atoms with E-state index in [2.05, 4.69) is 41.0 Å². The largest absolute Gasteiger partial charge is 0.490 e. The first-order valence-corrected chi connectivity index (χ1v) is 6.53. The minimum atomic E-state index is 0.254. The second kappa shape index (κ2) is 7.38. The van der Waals surface area contributed by atoms with Gasteiger partial charge in [0.25, 0.3) is 0 Å². The Kier molecular flexibility index (Phi) is 6.15. The third-order valence-electron chi connectivity index (χ3n) is 2.77. The molecule has 0 aliphatic carbocycles. The maximum Gasteiger partial charge on any atom is 0.198 e. The van der Waals surface area contributed by atoms with Gasteiger partial charge in [0.2, 0.25) is 0 Å². The summed E-state index contributed by atoms with van der Waals surface area (Å²) in [7, 11) is 1.56. The van der Waals surface area contributed by atoms with Gasteiger partial charge >= 0.3 is 0 Å². The van der Waals surface area contributed by atoms with Gasteiger partial charge in [-0.3, -0.25) is 0 Å². The minimum Gasteiger partial charge on any atom is -0.490 e. The SMILES string of the molecule is CCN(CC)CC(C)Nc1ncnc(Cl)c1OC. The van der Waals surface area contributed by atoms with Crippen molar-refractivity contribution >= 4 is 17.4 Å². The quantitative estimate of drug-likeness (QED) is 0.772.